The molecule has 0 unspecified atom stereocenters. The van der Waals surface area contributed by atoms with Gasteiger partial charge in [0.1, 0.15) is 13.1 Å². The second-order valence-electron chi connectivity index (χ2n) is 5.73. The maximum absolute atomic E-state index is 12.0. The summed E-state index contributed by atoms with van der Waals surface area (Å²) in [5.41, 5.74) is 0.850. The number of unbranched alkanes of at least 4 members (excludes halogenated alkanes) is 1. The minimum absolute atomic E-state index is 0.0268. The molecule has 8 nitrogen and oxygen atoms in total. The van der Waals surface area contributed by atoms with Crippen molar-refractivity contribution in [2.45, 2.75) is 19.8 Å². The van der Waals surface area contributed by atoms with Crippen molar-refractivity contribution >= 4 is 29.5 Å². The summed E-state index contributed by atoms with van der Waals surface area (Å²) in [7, 11) is 1.50. The third-order valence-electron chi connectivity index (χ3n) is 3.67. The van der Waals surface area contributed by atoms with E-state index in [0.717, 1.165) is 17.7 Å². The number of amides is 4. The van der Waals surface area contributed by atoms with Gasteiger partial charge in [-0.2, -0.15) is 0 Å². The maximum Gasteiger partial charge on any atom is 0.338 e. The van der Waals surface area contributed by atoms with E-state index < -0.39 is 23.8 Å². The summed E-state index contributed by atoms with van der Waals surface area (Å²) in [6.07, 6.45) is 1.75. The molecule has 4 amide bonds. The zero-order chi connectivity index (χ0) is 18.4. The van der Waals surface area contributed by atoms with E-state index in [4.69, 9.17) is 4.74 Å². The zero-order valence-corrected chi connectivity index (χ0v) is 14.3. The molecule has 1 fully saturated rings. The number of carbonyl (C=O) groups is 4. The first-order valence-corrected chi connectivity index (χ1v) is 8.05. The minimum Gasteiger partial charge on any atom is -0.462 e. The van der Waals surface area contributed by atoms with Crippen LogP contribution in [0, 0.1) is 0 Å². The molecule has 0 radical (unpaired) electrons. The van der Waals surface area contributed by atoms with E-state index in [2.05, 4.69) is 5.32 Å². The number of nitrogens with one attached hydrogen (secondary N) is 1. The molecular formula is C17H21N3O5. The van der Waals surface area contributed by atoms with E-state index in [0.29, 0.717) is 17.9 Å². The monoisotopic (exact) mass is 347 g/mol. The van der Waals surface area contributed by atoms with Gasteiger partial charge in [-0.25, -0.2) is 9.59 Å². The van der Waals surface area contributed by atoms with Crippen LogP contribution in [0.4, 0.5) is 10.5 Å². The second kappa shape index (κ2) is 8.27. The van der Waals surface area contributed by atoms with Gasteiger partial charge >= 0.3 is 12.0 Å². The van der Waals surface area contributed by atoms with E-state index in [-0.39, 0.29) is 13.1 Å². The van der Waals surface area contributed by atoms with Crippen LogP contribution < -0.4 is 5.32 Å². The number of imide groups is 1. The summed E-state index contributed by atoms with van der Waals surface area (Å²) in [5, 5.41) is 2.59. The van der Waals surface area contributed by atoms with Crippen LogP contribution in [-0.4, -0.2) is 60.4 Å². The molecule has 0 aliphatic carbocycles. The summed E-state index contributed by atoms with van der Waals surface area (Å²) in [4.78, 5) is 49.3. The molecule has 1 aromatic rings. The molecule has 1 aliphatic heterocycles. The predicted molar refractivity (Wildman–Crippen MR) is 90.0 cm³/mol. The molecular weight excluding hydrogens is 326 g/mol. The first kappa shape index (κ1) is 18.4. The van der Waals surface area contributed by atoms with Crippen molar-refractivity contribution in [1.82, 2.24) is 9.80 Å². The van der Waals surface area contributed by atoms with Crippen LogP contribution in [0.15, 0.2) is 24.3 Å². The van der Waals surface area contributed by atoms with Gasteiger partial charge in [0.15, 0.2) is 0 Å². The Morgan fingerprint density at radius 3 is 2.44 bits per heavy atom. The van der Waals surface area contributed by atoms with Crippen molar-refractivity contribution in [3.63, 3.8) is 0 Å². The summed E-state index contributed by atoms with van der Waals surface area (Å²) < 4.78 is 5.10. The normalized spacial score (nSPS) is 14.0. The van der Waals surface area contributed by atoms with Gasteiger partial charge in [-0.15, -0.1) is 0 Å². The Hall–Kier alpha value is -2.90. The SMILES string of the molecule is CCCCOC(=O)c1ccc(NC(=O)CN2C(=O)CN(C)C2=O)cc1. The van der Waals surface area contributed by atoms with Gasteiger partial charge in [-0.1, -0.05) is 13.3 Å². The molecule has 0 bridgehead atoms. The highest BCUT2D eigenvalue weighted by Gasteiger charge is 2.34. The predicted octanol–water partition coefficient (Wildman–Crippen LogP) is 1.48. The third kappa shape index (κ3) is 4.79. The molecule has 1 aromatic carbocycles. The van der Waals surface area contributed by atoms with Gasteiger partial charge in [-0.3, -0.25) is 14.5 Å². The van der Waals surface area contributed by atoms with Crippen LogP contribution in [0.25, 0.3) is 0 Å². The molecule has 1 saturated heterocycles. The standard InChI is InChI=1S/C17H21N3O5/c1-3-4-9-25-16(23)12-5-7-13(8-6-12)18-14(21)10-20-15(22)11-19(2)17(20)24/h5-8H,3-4,9-11H2,1-2H3,(H,18,21). The van der Waals surface area contributed by atoms with Crippen LogP contribution >= 0.6 is 0 Å². The number of ether oxygens (including phenoxy) is 1. The second-order valence-corrected chi connectivity index (χ2v) is 5.73. The topological polar surface area (TPSA) is 96.0 Å². The number of rotatable bonds is 7. The van der Waals surface area contributed by atoms with Crippen molar-refractivity contribution in [3.05, 3.63) is 29.8 Å². The Morgan fingerprint density at radius 2 is 1.88 bits per heavy atom. The highest BCUT2D eigenvalue weighted by molar-refractivity contribution is 6.06. The lowest BCUT2D eigenvalue weighted by Crippen LogP contribution is -2.38. The van der Waals surface area contributed by atoms with Crippen LogP contribution in [0.2, 0.25) is 0 Å². The number of esters is 1. The van der Waals surface area contributed by atoms with E-state index in [1.807, 2.05) is 6.92 Å². The van der Waals surface area contributed by atoms with E-state index in [1.54, 1.807) is 24.3 Å². The number of hydrogen-bond donors (Lipinski definition) is 1. The lowest BCUT2D eigenvalue weighted by atomic mass is 10.2. The first-order chi connectivity index (χ1) is 11.9. The van der Waals surface area contributed by atoms with Gasteiger partial charge < -0.3 is 15.0 Å². The van der Waals surface area contributed by atoms with Crippen LogP contribution in [-0.2, 0) is 14.3 Å². The Morgan fingerprint density at radius 1 is 1.20 bits per heavy atom. The molecule has 0 aromatic heterocycles. The third-order valence-corrected chi connectivity index (χ3v) is 3.67. The Kier molecular flexibility index (Phi) is 6.10. The van der Waals surface area contributed by atoms with Crippen LogP contribution in [0.5, 0.6) is 0 Å². The van der Waals surface area contributed by atoms with E-state index in [1.165, 1.54) is 11.9 Å². The minimum atomic E-state index is -0.495. The number of nitrogens with zero attached hydrogens (tertiary/aromatic N) is 2. The molecule has 2 rings (SSSR count). The molecule has 0 atom stereocenters. The number of urea groups is 1. The fraction of sp³-hybridized carbons (Fsp3) is 0.412. The number of anilines is 1. The van der Waals surface area contributed by atoms with Crippen molar-refractivity contribution in [1.29, 1.82) is 0 Å². The van der Waals surface area contributed by atoms with E-state index >= 15 is 0 Å². The fourth-order valence-corrected chi connectivity index (χ4v) is 2.25. The first-order valence-electron chi connectivity index (χ1n) is 8.05. The highest BCUT2D eigenvalue weighted by atomic mass is 16.5. The summed E-state index contributed by atoms with van der Waals surface area (Å²) in [6.45, 7) is 2.01. The average Bonchev–Trinajstić information content (AvgIpc) is 2.82. The highest BCUT2D eigenvalue weighted by Crippen LogP contribution is 2.12. The number of benzene rings is 1. The van der Waals surface area contributed by atoms with Gasteiger partial charge in [0.25, 0.3) is 5.91 Å². The fourth-order valence-electron chi connectivity index (χ4n) is 2.25. The lowest BCUT2D eigenvalue weighted by molar-refractivity contribution is -0.129. The average molecular weight is 347 g/mol. The number of carbonyl (C=O) groups excluding carboxylic acids is 4. The quantitative estimate of drug-likeness (QED) is 0.458. The van der Waals surface area contributed by atoms with E-state index in [9.17, 15) is 19.2 Å². The van der Waals surface area contributed by atoms with Gasteiger partial charge in [0.05, 0.1) is 12.2 Å². The lowest BCUT2D eigenvalue weighted by Gasteiger charge is -2.14. The number of hydrogen-bond acceptors (Lipinski definition) is 5. The molecule has 0 saturated carbocycles. The summed E-state index contributed by atoms with van der Waals surface area (Å²) in [6, 6.07) is 5.72. The maximum atomic E-state index is 12.0. The smallest absolute Gasteiger partial charge is 0.338 e. The Labute approximate surface area is 145 Å². The van der Waals surface area contributed by atoms with Crippen LogP contribution in [0.3, 0.4) is 0 Å². The zero-order valence-electron chi connectivity index (χ0n) is 14.3. The largest absolute Gasteiger partial charge is 0.462 e. The number of likely N-dealkylation sites (N-methyl/N-ethyl adjacent to an activating group) is 1. The molecule has 1 aliphatic rings. The van der Waals surface area contributed by atoms with Gasteiger partial charge in [0.2, 0.25) is 5.91 Å². The molecule has 25 heavy (non-hydrogen) atoms. The Balaban J connectivity index is 1.88. The molecule has 134 valence electrons. The van der Waals surface area contributed by atoms with Crippen LogP contribution in [0.1, 0.15) is 30.1 Å². The van der Waals surface area contributed by atoms with Crippen molar-refractivity contribution < 1.29 is 23.9 Å². The van der Waals surface area contributed by atoms with Crippen molar-refractivity contribution in [2.75, 3.05) is 32.1 Å². The summed E-state index contributed by atoms with van der Waals surface area (Å²) in [5.74, 6) is -1.31. The Bertz CT molecular complexity index is 671. The molecule has 1 heterocycles. The summed E-state index contributed by atoms with van der Waals surface area (Å²) >= 11 is 0. The van der Waals surface area contributed by atoms with Gasteiger partial charge in [0, 0.05) is 12.7 Å². The van der Waals surface area contributed by atoms with Crippen molar-refractivity contribution in [2.24, 2.45) is 0 Å². The molecule has 8 heteroatoms. The van der Waals surface area contributed by atoms with Gasteiger partial charge in [-0.05, 0) is 30.7 Å². The molecule has 0 spiro atoms. The molecule has 1 N–H and O–H groups in total. The van der Waals surface area contributed by atoms with Crippen molar-refractivity contribution in [3.8, 4) is 0 Å².